The maximum atomic E-state index is 10.8. The summed E-state index contributed by atoms with van der Waals surface area (Å²) < 4.78 is 4.58. The molecule has 0 N–H and O–H groups in total. The van der Waals surface area contributed by atoms with Crippen molar-refractivity contribution in [2.75, 3.05) is 7.11 Å². The van der Waals surface area contributed by atoms with Gasteiger partial charge in [0, 0.05) is 6.42 Å². The lowest BCUT2D eigenvalue weighted by molar-refractivity contribution is -0.140. The quantitative estimate of drug-likeness (QED) is 0.474. The molecule has 0 radical (unpaired) electrons. The summed E-state index contributed by atoms with van der Waals surface area (Å²) >= 11 is 0. The maximum Gasteiger partial charge on any atom is 0.305 e. The van der Waals surface area contributed by atoms with Crippen molar-refractivity contribution in [2.45, 2.75) is 65.7 Å². The molecule has 0 saturated carbocycles. The highest BCUT2D eigenvalue weighted by Crippen LogP contribution is 2.22. The SMILES string of the molecule is COC(=O)CCCCCCCC(C)(C)C. The van der Waals surface area contributed by atoms with Crippen LogP contribution < -0.4 is 0 Å². The largest absolute Gasteiger partial charge is 0.469 e. The Morgan fingerprint density at radius 2 is 1.53 bits per heavy atom. The minimum atomic E-state index is -0.0790. The van der Waals surface area contributed by atoms with Gasteiger partial charge in [-0.1, -0.05) is 46.5 Å². The molecule has 0 aliphatic carbocycles. The molecule has 90 valence electrons. The zero-order valence-electron chi connectivity index (χ0n) is 10.8. The highest BCUT2D eigenvalue weighted by atomic mass is 16.5. The van der Waals surface area contributed by atoms with Crippen LogP contribution in [0.1, 0.15) is 65.7 Å². The Morgan fingerprint density at radius 3 is 2.07 bits per heavy atom. The van der Waals surface area contributed by atoms with Crippen molar-refractivity contribution in [2.24, 2.45) is 5.41 Å². The molecule has 0 aromatic heterocycles. The van der Waals surface area contributed by atoms with Crippen LogP contribution in [0.25, 0.3) is 0 Å². The van der Waals surface area contributed by atoms with E-state index in [4.69, 9.17) is 0 Å². The van der Waals surface area contributed by atoms with Gasteiger partial charge in [-0.15, -0.1) is 0 Å². The Labute approximate surface area is 94.4 Å². The Morgan fingerprint density at radius 1 is 1.00 bits per heavy atom. The lowest BCUT2D eigenvalue weighted by Crippen LogP contribution is -2.04. The van der Waals surface area contributed by atoms with Crippen LogP contribution in [0.4, 0.5) is 0 Å². The highest BCUT2D eigenvalue weighted by molar-refractivity contribution is 5.68. The molecule has 0 amide bonds. The van der Waals surface area contributed by atoms with E-state index in [1.807, 2.05) is 0 Å². The number of carbonyl (C=O) groups is 1. The fraction of sp³-hybridized carbons (Fsp3) is 0.923. The van der Waals surface area contributed by atoms with E-state index in [0.29, 0.717) is 11.8 Å². The second kappa shape index (κ2) is 7.72. The minimum absolute atomic E-state index is 0.0790. The van der Waals surface area contributed by atoms with E-state index >= 15 is 0 Å². The third kappa shape index (κ3) is 11.4. The number of unbranched alkanes of at least 4 members (excludes halogenated alkanes) is 4. The van der Waals surface area contributed by atoms with Crippen molar-refractivity contribution in [3.8, 4) is 0 Å². The molecular weight excluding hydrogens is 188 g/mol. The molecule has 0 rings (SSSR count). The normalized spacial score (nSPS) is 11.5. The average Bonchev–Trinajstić information content (AvgIpc) is 2.14. The van der Waals surface area contributed by atoms with Gasteiger partial charge in [0.05, 0.1) is 7.11 Å². The standard InChI is InChI=1S/C13H26O2/c1-13(2,3)11-9-7-5-6-8-10-12(14)15-4/h5-11H2,1-4H3. The predicted molar refractivity (Wildman–Crippen MR) is 63.8 cm³/mol. The summed E-state index contributed by atoms with van der Waals surface area (Å²) in [4.78, 5) is 10.8. The van der Waals surface area contributed by atoms with Crippen LogP contribution >= 0.6 is 0 Å². The molecule has 0 aromatic carbocycles. The van der Waals surface area contributed by atoms with E-state index < -0.39 is 0 Å². The number of rotatable bonds is 7. The van der Waals surface area contributed by atoms with E-state index in [0.717, 1.165) is 12.8 Å². The third-order valence-electron chi connectivity index (χ3n) is 2.54. The summed E-state index contributed by atoms with van der Waals surface area (Å²) in [7, 11) is 1.45. The van der Waals surface area contributed by atoms with E-state index in [9.17, 15) is 4.79 Å². The Kier molecular flexibility index (Phi) is 7.45. The van der Waals surface area contributed by atoms with Crippen LogP contribution in [0.5, 0.6) is 0 Å². The average molecular weight is 214 g/mol. The summed E-state index contributed by atoms with van der Waals surface area (Å²) in [6, 6.07) is 0. The maximum absolute atomic E-state index is 10.8. The second-order valence-corrected chi connectivity index (χ2v) is 5.40. The lowest BCUT2D eigenvalue weighted by atomic mass is 9.89. The predicted octanol–water partition coefficient (Wildman–Crippen LogP) is 3.94. The first kappa shape index (κ1) is 14.5. The summed E-state index contributed by atoms with van der Waals surface area (Å²) in [5.41, 5.74) is 0.464. The van der Waals surface area contributed by atoms with Crippen molar-refractivity contribution < 1.29 is 9.53 Å². The molecule has 0 heterocycles. The smallest absolute Gasteiger partial charge is 0.305 e. The van der Waals surface area contributed by atoms with Crippen LogP contribution in [0, 0.1) is 5.41 Å². The summed E-state index contributed by atoms with van der Waals surface area (Å²) in [5.74, 6) is -0.0790. The van der Waals surface area contributed by atoms with E-state index in [1.165, 1.54) is 32.8 Å². The van der Waals surface area contributed by atoms with Crippen LogP contribution in [0.15, 0.2) is 0 Å². The molecule has 0 unspecified atom stereocenters. The number of ether oxygens (including phenoxy) is 1. The van der Waals surface area contributed by atoms with Gasteiger partial charge >= 0.3 is 5.97 Å². The molecule has 0 saturated heterocycles. The van der Waals surface area contributed by atoms with Gasteiger partial charge in [0.15, 0.2) is 0 Å². The van der Waals surface area contributed by atoms with Gasteiger partial charge in [0.1, 0.15) is 0 Å². The van der Waals surface area contributed by atoms with Gasteiger partial charge in [-0.05, 0) is 18.3 Å². The Bertz CT molecular complexity index is 168. The van der Waals surface area contributed by atoms with Crippen LogP contribution in [-0.4, -0.2) is 13.1 Å². The van der Waals surface area contributed by atoms with Crippen LogP contribution in [0.2, 0.25) is 0 Å². The molecule has 2 heteroatoms. The summed E-state index contributed by atoms with van der Waals surface area (Å²) in [6.45, 7) is 6.85. The van der Waals surface area contributed by atoms with Crippen molar-refractivity contribution in [1.82, 2.24) is 0 Å². The summed E-state index contributed by atoms with van der Waals surface area (Å²) in [5, 5.41) is 0. The molecule has 0 aliphatic rings. The number of methoxy groups -OCH3 is 1. The first-order valence-corrected chi connectivity index (χ1v) is 6.02. The molecular formula is C13H26O2. The van der Waals surface area contributed by atoms with Crippen LogP contribution in [-0.2, 0) is 9.53 Å². The number of carbonyl (C=O) groups excluding carboxylic acids is 1. The van der Waals surface area contributed by atoms with Gasteiger partial charge in [0.25, 0.3) is 0 Å². The van der Waals surface area contributed by atoms with Gasteiger partial charge in [-0.2, -0.15) is 0 Å². The monoisotopic (exact) mass is 214 g/mol. The lowest BCUT2D eigenvalue weighted by Gasteiger charge is -2.17. The fourth-order valence-electron chi connectivity index (χ4n) is 1.56. The molecule has 0 spiro atoms. The first-order valence-electron chi connectivity index (χ1n) is 6.02. The van der Waals surface area contributed by atoms with Gasteiger partial charge in [0.2, 0.25) is 0 Å². The zero-order valence-corrected chi connectivity index (χ0v) is 10.8. The van der Waals surface area contributed by atoms with E-state index in [1.54, 1.807) is 0 Å². The third-order valence-corrected chi connectivity index (χ3v) is 2.54. The molecule has 0 bridgehead atoms. The number of hydrogen-bond acceptors (Lipinski definition) is 2. The van der Waals surface area contributed by atoms with Crippen molar-refractivity contribution in [1.29, 1.82) is 0 Å². The van der Waals surface area contributed by atoms with Crippen LogP contribution in [0.3, 0.4) is 0 Å². The number of esters is 1. The van der Waals surface area contributed by atoms with Gasteiger partial charge in [-0.25, -0.2) is 0 Å². The molecule has 0 aliphatic heterocycles. The molecule has 0 atom stereocenters. The molecule has 0 aromatic rings. The molecule has 0 fully saturated rings. The first-order chi connectivity index (χ1) is 6.95. The summed E-state index contributed by atoms with van der Waals surface area (Å²) in [6.07, 6.45) is 7.84. The number of hydrogen-bond donors (Lipinski definition) is 0. The topological polar surface area (TPSA) is 26.3 Å². The van der Waals surface area contributed by atoms with Crippen molar-refractivity contribution >= 4 is 5.97 Å². The Hall–Kier alpha value is -0.530. The molecule has 2 nitrogen and oxygen atoms in total. The van der Waals surface area contributed by atoms with Crippen molar-refractivity contribution in [3.63, 3.8) is 0 Å². The zero-order chi connectivity index (χ0) is 11.7. The van der Waals surface area contributed by atoms with E-state index in [2.05, 4.69) is 25.5 Å². The fourth-order valence-corrected chi connectivity index (χ4v) is 1.56. The van der Waals surface area contributed by atoms with Crippen molar-refractivity contribution in [3.05, 3.63) is 0 Å². The Balaban J connectivity index is 3.16. The van der Waals surface area contributed by atoms with Gasteiger partial charge in [-0.3, -0.25) is 4.79 Å². The molecule has 15 heavy (non-hydrogen) atoms. The minimum Gasteiger partial charge on any atom is -0.469 e. The van der Waals surface area contributed by atoms with Gasteiger partial charge < -0.3 is 4.74 Å². The second-order valence-electron chi connectivity index (χ2n) is 5.40. The highest BCUT2D eigenvalue weighted by Gasteiger charge is 2.08. The van der Waals surface area contributed by atoms with E-state index in [-0.39, 0.29) is 5.97 Å².